The van der Waals surface area contributed by atoms with E-state index in [1.54, 1.807) is 22.8 Å². The number of nitriles is 1. The van der Waals surface area contributed by atoms with Crippen LogP contribution in [0, 0.1) is 16.7 Å². The fraction of sp³-hybridized carbons (Fsp3) is 0.440. The number of fused-ring (bicyclic) bond motifs is 2. The summed E-state index contributed by atoms with van der Waals surface area (Å²) in [7, 11) is 1.52. The van der Waals surface area contributed by atoms with Crippen LogP contribution >= 0.6 is 0 Å². The average Bonchev–Trinajstić information content (AvgIpc) is 3.42. The number of rotatable bonds is 8. The number of hydrogen-bond acceptors (Lipinski definition) is 8. The van der Waals surface area contributed by atoms with Gasteiger partial charge in [0.1, 0.15) is 23.0 Å². The maximum absolute atomic E-state index is 13.0. The molecule has 2 saturated carbocycles. The van der Waals surface area contributed by atoms with Crippen molar-refractivity contribution >= 4 is 28.4 Å². The second kappa shape index (κ2) is 8.61. The lowest BCUT2D eigenvalue weighted by Crippen LogP contribution is -2.60. The molecule has 2 aliphatic rings. The molecule has 0 saturated heterocycles. The Labute approximate surface area is 215 Å². The van der Waals surface area contributed by atoms with Crippen LogP contribution in [-0.4, -0.2) is 60.6 Å². The Hall–Kier alpha value is -4.34. The highest BCUT2D eigenvalue weighted by atomic mass is 19.3. The van der Waals surface area contributed by atoms with Gasteiger partial charge in [0, 0.05) is 23.3 Å². The molecule has 0 spiro atoms. The third-order valence-corrected chi connectivity index (χ3v) is 7.35. The van der Waals surface area contributed by atoms with E-state index >= 15 is 0 Å². The van der Waals surface area contributed by atoms with Crippen molar-refractivity contribution in [3.8, 4) is 23.1 Å². The molecule has 2 aliphatic carbocycles. The number of methoxy groups -OCH3 is 1. The van der Waals surface area contributed by atoms with Crippen LogP contribution in [0.3, 0.4) is 0 Å². The van der Waals surface area contributed by atoms with Gasteiger partial charge in [0.15, 0.2) is 0 Å². The van der Waals surface area contributed by atoms with E-state index in [1.165, 1.54) is 11.8 Å². The van der Waals surface area contributed by atoms with E-state index in [-0.39, 0.29) is 17.5 Å². The number of carbonyl (C=O) groups is 1. The molecule has 13 heteroatoms. The number of benzene rings is 1. The van der Waals surface area contributed by atoms with Gasteiger partial charge in [-0.15, -0.1) is 10.2 Å². The first-order valence-electron chi connectivity index (χ1n) is 12.3. The standard InChI is InChI=1S/C25H25F2N9O2/c1-24(31-22(37)25(13-28)6-7-25)10-15(11-24)29-23-30-21(38-2)20-16(5-8-35(20)33-23)14-3-4-17-18(9-14)36(34-32-17)12-19(26)27/h3-5,8-9,15,19H,6-7,10-12H2,1-2H3,(H,29,33)(H,31,37). The predicted molar refractivity (Wildman–Crippen MR) is 133 cm³/mol. The SMILES string of the molecule is COc1nc(NC2CC(C)(NC(=O)C3(C#N)CC3)C2)nn2ccc(-c3ccc4nnn(CC(F)F)c4c3)c12. The van der Waals surface area contributed by atoms with Crippen molar-refractivity contribution in [3.63, 3.8) is 0 Å². The van der Waals surface area contributed by atoms with Gasteiger partial charge >= 0.3 is 0 Å². The van der Waals surface area contributed by atoms with Gasteiger partial charge in [0.05, 0.1) is 18.7 Å². The van der Waals surface area contributed by atoms with Gasteiger partial charge in [-0.05, 0) is 56.4 Å². The Morgan fingerprint density at radius 1 is 1.32 bits per heavy atom. The zero-order valence-electron chi connectivity index (χ0n) is 20.8. The van der Waals surface area contributed by atoms with Crippen molar-refractivity contribution < 1.29 is 18.3 Å². The first-order valence-corrected chi connectivity index (χ1v) is 12.3. The van der Waals surface area contributed by atoms with Crippen LogP contribution in [0.15, 0.2) is 30.5 Å². The fourth-order valence-electron chi connectivity index (χ4n) is 5.15. The minimum Gasteiger partial charge on any atom is -0.479 e. The van der Waals surface area contributed by atoms with E-state index in [9.17, 15) is 18.8 Å². The van der Waals surface area contributed by atoms with Crippen LogP contribution in [0.4, 0.5) is 14.7 Å². The first-order chi connectivity index (χ1) is 18.2. The van der Waals surface area contributed by atoms with E-state index < -0.39 is 18.4 Å². The quantitative estimate of drug-likeness (QED) is 0.361. The van der Waals surface area contributed by atoms with Crippen LogP contribution in [0.1, 0.15) is 32.6 Å². The molecule has 196 valence electrons. The van der Waals surface area contributed by atoms with Crippen LogP contribution < -0.4 is 15.4 Å². The van der Waals surface area contributed by atoms with E-state index in [2.05, 4.69) is 37.1 Å². The number of nitrogens with zero attached hydrogens (tertiary/aromatic N) is 7. The molecule has 2 N–H and O–H groups in total. The molecule has 4 aromatic rings. The molecule has 0 unspecified atom stereocenters. The molecule has 3 heterocycles. The van der Waals surface area contributed by atoms with Gasteiger partial charge in [0.2, 0.25) is 17.7 Å². The fourth-order valence-corrected chi connectivity index (χ4v) is 5.15. The highest BCUT2D eigenvalue weighted by Crippen LogP contribution is 2.46. The molecule has 0 atom stereocenters. The number of nitrogens with one attached hydrogen (secondary N) is 2. The molecule has 3 aromatic heterocycles. The van der Waals surface area contributed by atoms with Gasteiger partial charge in [-0.2, -0.15) is 10.2 Å². The minimum absolute atomic E-state index is 0.0414. The smallest absolute Gasteiger partial charge is 0.258 e. The summed E-state index contributed by atoms with van der Waals surface area (Å²) in [6.45, 7) is 1.43. The number of amides is 1. The number of alkyl halides is 2. The summed E-state index contributed by atoms with van der Waals surface area (Å²) in [6, 6.07) is 9.37. The van der Waals surface area contributed by atoms with Crippen molar-refractivity contribution in [2.75, 3.05) is 12.4 Å². The number of halogens is 2. The zero-order valence-corrected chi connectivity index (χ0v) is 20.8. The second-order valence-corrected chi connectivity index (χ2v) is 10.3. The molecule has 0 radical (unpaired) electrons. The van der Waals surface area contributed by atoms with Crippen LogP contribution in [0.25, 0.3) is 27.7 Å². The van der Waals surface area contributed by atoms with Gasteiger partial charge in [-0.3, -0.25) is 4.79 Å². The van der Waals surface area contributed by atoms with Crippen molar-refractivity contribution in [2.24, 2.45) is 5.41 Å². The molecule has 0 bridgehead atoms. The Kier molecular flexibility index (Phi) is 5.44. The lowest BCUT2D eigenvalue weighted by Gasteiger charge is -2.46. The summed E-state index contributed by atoms with van der Waals surface area (Å²) in [6.07, 6.45) is 1.80. The summed E-state index contributed by atoms with van der Waals surface area (Å²) in [4.78, 5) is 17.0. The largest absolute Gasteiger partial charge is 0.479 e. The number of carbonyl (C=O) groups excluding carboxylic acids is 1. The molecule has 1 aromatic carbocycles. The number of aromatic nitrogens is 6. The average molecular weight is 522 g/mol. The normalized spacial score (nSPS) is 21.7. The molecular weight excluding hydrogens is 496 g/mol. The lowest BCUT2D eigenvalue weighted by atomic mass is 9.73. The summed E-state index contributed by atoms with van der Waals surface area (Å²) in [5, 5.41) is 28.0. The first kappa shape index (κ1) is 24.0. The molecule has 38 heavy (non-hydrogen) atoms. The molecule has 11 nitrogen and oxygen atoms in total. The Bertz CT molecular complexity index is 1600. The highest BCUT2D eigenvalue weighted by molar-refractivity contribution is 5.90. The Morgan fingerprint density at radius 3 is 2.79 bits per heavy atom. The number of anilines is 1. The van der Waals surface area contributed by atoms with Crippen molar-refractivity contribution in [3.05, 3.63) is 30.5 Å². The van der Waals surface area contributed by atoms with E-state index in [4.69, 9.17) is 4.74 Å². The van der Waals surface area contributed by atoms with Gasteiger partial charge in [-0.1, -0.05) is 11.3 Å². The highest BCUT2D eigenvalue weighted by Gasteiger charge is 2.53. The molecule has 1 amide bonds. The monoisotopic (exact) mass is 521 g/mol. The van der Waals surface area contributed by atoms with Crippen molar-refractivity contribution in [1.82, 2.24) is 34.9 Å². The molecular formula is C25H25F2N9O2. The second-order valence-electron chi connectivity index (χ2n) is 10.3. The zero-order chi connectivity index (χ0) is 26.7. The lowest BCUT2D eigenvalue weighted by molar-refractivity contribution is -0.127. The summed E-state index contributed by atoms with van der Waals surface area (Å²) in [5.41, 5.74) is 1.95. The van der Waals surface area contributed by atoms with E-state index in [1.807, 2.05) is 19.1 Å². The topological polar surface area (TPSA) is 135 Å². The van der Waals surface area contributed by atoms with Crippen LogP contribution in [0.2, 0.25) is 0 Å². The number of hydrogen-bond donors (Lipinski definition) is 2. The predicted octanol–water partition coefficient (Wildman–Crippen LogP) is 3.17. The number of ether oxygens (including phenoxy) is 1. The van der Waals surface area contributed by atoms with Gasteiger partial charge in [0.25, 0.3) is 6.43 Å². The van der Waals surface area contributed by atoms with Crippen molar-refractivity contribution in [2.45, 2.75) is 57.2 Å². The minimum atomic E-state index is -2.55. The Morgan fingerprint density at radius 2 is 2.11 bits per heavy atom. The van der Waals surface area contributed by atoms with Crippen LogP contribution in [0.5, 0.6) is 5.88 Å². The summed E-state index contributed by atoms with van der Waals surface area (Å²) < 4.78 is 34.4. The van der Waals surface area contributed by atoms with Gasteiger partial charge in [-0.25, -0.2) is 18.0 Å². The van der Waals surface area contributed by atoms with E-state index in [0.29, 0.717) is 54.1 Å². The molecule has 0 aliphatic heterocycles. The van der Waals surface area contributed by atoms with E-state index in [0.717, 1.165) is 11.1 Å². The summed E-state index contributed by atoms with van der Waals surface area (Å²) >= 11 is 0. The third-order valence-electron chi connectivity index (χ3n) is 7.35. The Balaban J connectivity index is 1.22. The molecule has 6 rings (SSSR count). The maximum Gasteiger partial charge on any atom is 0.258 e. The molecule has 2 fully saturated rings. The summed E-state index contributed by atoms with van der Waals surface area (Å²) in [5.74, 6) is 0.536. The van der Waals surface area contributed by atoms with Crippen LogP contribution in [-0.2, 0) is 11.3 Å². The maximum atomic E-state index is 13.0. The third kappa shape index (κ3) is 4.06. The van der Waals surface area contributed by atoms with Gasteiger partial charge < -0.3 is 15.4 Å². The van der Waals surface area contributed by atoms with Crippen molar-refractivity contribution in [1.29, 1.82) is 5.26 Å².